The van der Waals surface area contributed by atoms with Gasteiger partial charge in [-0.05, 0) is 6.07 Å². The first-order valence-corrected chi connectivity index (χ1v) is 3.41. The van der Waals surface area contributed by atoms with Crippen LogP contribution in [-0.4, -0.2) is 15.0 Å². The summed E-state index contributed by atoms with van der Waals surface area (Å²) < 4.78 is 0. The van der Waals surface area contributed by atoms with Crippen molar-refractivity contribution in [1.29, 1.82) is 0 Å². The van der Waals surface area contributed by atoms with E-state index in [2.05, 4.69) is 15.0 Å². The fourth-order valence-corrected chi connectivity index (χ4v) is 1.16. The standard InChI is InChI=1S/C6H5ClN4.Na/c7-4-3-1-2-9-5(3)11-6(8)10-4;/h1-2H,(H3,8,9,10,11);/q;+1. The molecule has 2 aromatic rings. The van der Waals surface area contributed by atoms with Gasteiger partial charge in [-0.25, -0.2) is 4.98 Å². The number of nitrogens with two attached hydrogens (primary N) is 1. The van der Waals surface area contributed by atoms with Gasteiger partial charge in [0, 0.05) is 6.20 Å². The summed E-state index contributed by atoms with van der Waals surface area (Å²) in [5.74, 6) is 0.185. The van der Waals surface area contributed by atoms with Gasteiger partial charge in [0.25, 0.3) is 0 Å². The Morgan fingerprint density at radius 1 is 1.42 bits per heavy atom. The molecule has 3 N–H and O–H groups in total. The van der Waals surface area contributed by atoms with Gasteiger partial charge >= 0.3 is 29.6 Å². The zero-order valence-electron chi connectivity index (χ0n) is 6.50. The van der Waals surface area contributed by atoms with Crippen LogP contribution in [0.5, 0.6) is 0 Å². The summed E-state index contributed by atoms with van der Waals surface area (Å²) >= 11 is 5.75. The van der Waals surface area contributed by atoms with Crippen molar-refractivity contribution in [3.05, 3.63) is 17.4 Å². The SMILES string of the molecule is Nc1nc(Cl)c2cc[nH]c2n1.[Na+]. The molecule has 0 aliphatic rings. The van der Waals surface area contributed by atoms with Gasteiger partial charge in [-0.2, -0.15) is 4.98 Å². The molecule has 0 fully saturated rings. The van der Waals surface area contributed by atoms with Crippen molar-refractivity contribution in [3.63, 3.8) is 0 Å². The Bertz CT molecular complexity index is 399. The van der Waals surface area contributed by atoms with Crippen LogP contribution in [0.2, 0.25) is 5.15 Å². The smallest absolute Gasteiger partial charge is 0.368 e. The van der Waals surface area contributed by atoms with Crippen molar-refractivity contribution in [2.24, 2.45) is 0 Å². The second kappa shape index (κ2) is 3.62. The molecule has 0 aliphatic carbocycles. The molecular formula is C6H5ClN4Na+. The molecule has 12 heavy (non-hydrogen) atoms. The minimum absolute atomic E-state index is 0. The summed E-state index contributed by atoms with van der Waals surface area (Å²) in [5, 5.41) is 1.18. The zero-order valence-corrected chi connectivity index (χ0v) is 9.26. The topological polar surface area (TPSA) is 67.6 Å². The number of nitrogen functional groups attached to an aromatic ring is 1. The predicted octanol–water partition coefficient (Wildman–Crippen LogP) is -1.80. The van der Waals surface area contributed by atoms with Gasteiger partial charge in [0.2, 0.25) is 5.95 Å². The Morgan fingerprint density at radius 3 is 2.92 bits per heavy atom. The minimum atomic E-state index is 0. The van der Waals surface area contributed by atoms with E-state index in [0.717, 1.165) is 5.39 Å². The molecular weight excluding hydrogens is 187 g/mol. The van der Waals surface area contributed by atoms with Crippen LogP contribution in [0.4, 0.5) is 5.95 Å². The number of anilines is 1. The molecule has 2 heterocycles. The third-order valence-corrected chi connectivity index (χ3v) is 1.67. The molecule has 0 aliphatic heterocycles. The summed E-state index contributed by atoms with van der Waals surface area (Å²) in [5.41, 5.74) is 6.03. The normalized spacial score (nSPS) is 9.75. The van der Waals surface area contributed by atoms with E-state index in [4.69, 9.17) is 17.3 Å². The number of halogens is 1. The van der Waals surface area contributed by atoms with Crippen LogP contribution < -0.4 is 35.3 Å². The van der Waals surface area contributed by atoms with Crippen LogP contribution in [0.3, 0.4) is 0 Å². The fourth-order valence-electron chi connectivity index (χ4n) is 0.920. The molecule has 0 unspecified atom stereocenters. The van der Waals surface area contributed by atoms with E-state index in [1.165, 1.54) is 0 Å². The maximum absolute atomic E-state index is 5.75. The van der Waals surface area contributed by atoms with Crippen molar-refractivity contribution in [3.8, 4) is 0 Å². The first-order valence-electron chi connectivity index (χ1n) is 3.03. The van der Waals surface area contributed by atoms with Crippen molar-refractivity contribution in [2.75, 3.05) is 5.73 Å². The quantitative estimate of drug-likeness (QED) is 0.381. The third-order valence-electron chi connectivity index (χ3n) is 1.39. The van der Waals surface area contributed by atoms with E-state index in [1.807, 2.05) is 0 Å². The summed E-state index contributed by atoms with van der Waals surface area (Å²) in [6.07, 6.45) is 1.74. The van der Waals surface area contributed by atoms with Gasteiger partial charge in [-0.1, -0.05) is 11.6 Å². The van der Waals surface area contributed by atoms with Gasteiger partial charge in [0.05, 0.1) is 5.39 Å². The number of aromatic amines is 1. The molecule has 2 aromatic heterocycles. The number of nitrogens with one attached hydrogen (secondary N) is 1. The van der Waals surface area contributed by atoms with Crippen LogP contribution in [0.25, 0.3) is 11.0 Å². The predicted molar refractivity (Wildman–Crippen MR) is 43.3 cm³/mol. The minimum Gasteiger partial charge on any atom is -0.368 e. The number of hydrogen-bond acceptors (Lipinski definition) is 3. The van der Waals surface area contributed by atoms with Gasteiger partial charge in [-0.3, -0.25) is 0 Å². The van der Waals surface area contributed by atoms with Crippen LogP contribution in [0.15, 0.2) is 12.3 Å². The fraction of sp³-hybridized carbons (Fsp3) is 0. The number of H-pyrrole nitrogens is 1. The zero-order chi connectivity index (χ0) is 7.84. The number of rotatable bonds is 0. The first kappa shape index (κ1) is 9.80. The number of fused-ring (bicyclic) bond motifs is 1. The van der Waals surface area contributed by atoms with Gasteiger partial charge < -0.3 is 10.7 Å². The Morgan fingerprint density at radius 2 is 2.17 bits per heavy atom. The molecule has 2 rings (SSSR count). The van der Waals surface area contributed by atoms with Gasteiger partial charge in [-0.15, -0.1) is 0 Å². The van der Waals surface area contributed by atoms with Crippen LogP contribution in [0.1, 0.15) is 0 Å². The number of nitrogens with zero attached hydrogens (tertiary/aromatic N) is 2. The van der Waals surface area contributed by atoms with E-state index < -0.39 is 0 Å². The van der Waals surface area contributed by atoms with Gasteiger partial charge in [0.1, 0.15) is 10.8 Å². The maximum Gasteiger partial charge on any atom is 1.00 e. The average molecular weight is 192 g/mol. The van der Waals surface area contributed by atoms with Crippen molar-refractivity contribution >= 4 is 28.6 Å². The van der Waals surface area contributed by atoms with Crippen LogP contribution in [-0.2, 0) is 0 Å². The molecule has 0 saturated heterocycles. The number of aromatic nitrogens is 3. The van der Waals surface area contributed by atoms with Gasteiger partial charge in [0.15, 0.2) is 0 Å². The average Bonchev–Trinajstić information content (AvgIpc) is 2.34. The van der Waals surface area contributed by atoms with Crippen molar-refractivity contribution in [1.82, 2.24) is 15.0 Å². The van der Waals surface area contributed by atoms with Crippen molar-refractivity contribution in [2.45, 2.75) is 0 Å². The molecule has 0 atom stereocenters. The maximum atomic E-state index is 5.75. The van der Waals surface area contributed by atoms with E-state index in [-0.39, 0.29) is 35.5 Å². The molecule has 0 amide bonds. The third kappa shape index (κ3) is 1.56. The second-order valence-electron chi connectivity index (χ2n) is 2.11. The summed E-state index contributed by atoms with van der Waals surface area (Å²) in [7, 11) is 0. The van der Waals surface area contributed by atoms with E-state index in [9.17, 15) is 0 Å². The summed E-state index contributed by atoms with van der Waals surface area (Å²) in [6, 6.07) is 1.80. The molecule has 0 saturated carbocycles. The van der Waals surface area contributed by atoms with Crippen LogP contribution >= 0.6 is 11.6 Å². The first-order chi connectivity index (χ1) is 5.27. The summed E-state index contributed by atoms with van der Waals surface area (Å²) in [6.45, 7) is 0. The molecule has 0 spiro atoms. The molecule has 0 bridgehead atoms. The van der Waals surface area contributed by atoms with E-state index in [0.29, 0.717) is 10.8 Å². The second-order valence-corrected chi connectivity index (χ2v) is 2.47. The Hall–Kier alpha value is -0.290. The Kier molecular flexibility index (Phi) is 2.95. The summed E-state index contributed by atoms with van der Waals surface area (Å²) in [4.78, 5) is 10.6. The number of hydrogen-bond donors (Lipinski definition) is 2. The molecule has 56 valence electrons. The van der Waals surface area contributed by atoms with E-state index >= 15 is 0 Å². The largest absolute Gasteiger partial charge is 1.00 e. The van der Waals surface area contributed by atoms with Crippen molar-refractivity contribution < 1.29 is 29.6 Å². The monoisotopic (exact) mass is 191 g/mol. The molecule has 0 aromatic carbocycles. The molecule has 6 heteroatoms. The van der Waals surface area contributed by atoms with E-state index in [1.54, 1.807) is 12.3 Å². The molecule has 4 nitrogen and oxygen atoms in total. The molecule has 0 radical (unpaired) electrons. The Balaban J connectivity index is 0.000000720. The van der Waals surface area contributed by atoms with Crippen LogP contribution in [0, 0.1) is 0 Å². The Labute approximate surface area is 95.8 Å².